The van der Waals surface area contributed by atoms with Gasteiger partial charge in [-0.1, -0.05) is 42.5 Å². The highest BCUT2D eigenvalue weighted by Crippen LogP contribution is 2.16. The van der Waals surface area contributed by atoms with Gasteiger partial charge in [-0.15, -0.1) is 0 Å². The van der Waals surface area contributed by atoms with Gasteiger partial charge in [-0.25, -0.2) is 4.39 Å². The van der Waals surface area contributed by atoms with Gasteiger partial charge in [0.2, 0.25) is 0 Å². The van der Waals surface area contributed by atoms with Gasteiger partial charge < -0.3 is 10.2 Å². The van der Waals surface area contributed by atoms with Crippen LogP contribution in [0.1, 0.15) is 23.6 Å². The second-order valence-electron chi connectivity index (χ2n) is 5.41. The Labute approximate surface area is 126 Å². The molecule has 0 radical (unpaired) electrons. The predicted octanol–water partition coefficient (Wildman–Crippen LogP) is 3.61. The Morgan fingerprint density at radius 1 is 1.10 bits per heavy atom. The van der Waals surface area contributed by atoms with E-state index in [1.165, 1.54) is 11.6 Å². The lowest BCUT2D eigenvalue weighted by atomic mass is 10.0. The van der Waals surface area contributed by atoms with E-state index in [0.29, 0.717) is 6.04 Å². The molecule has 0 aromatic heterocycles. The zero-order valence-electron chi connectivity index (χ0n) is 12.7. The fourth-order valence-electron chi connectivity index (χ4n) is 2.54. The van der Waals surface area contributed by atoms with Crippen LogP contribution in [0, 0.1) is 5.82 Å². The third-order valence-corrected chi connectivity index (χ3v) is 3.69. The molecule has 2 aromatic carbocycles. The molecule has 0 aliphatic carbocycles. The normalized spacial score (nSPS) is 12.6. The van der Waals surface area contributed by atoms with Crippen molar-refractivity contribution in [1.29, 1.82) is 0 Å². The Kier molecular flexibility index (Phi) is 5.90. The summed E-state index contributed by atoms with van der Waals surface area (Å²) in [5, 5.41) is 3.36. The highest BCUT2D eigenvalue weighted by Gasteiger charge is 2.10. The molecule has 0 saturated heterocycles. The third-order valence-electron chi connectivity index (χ3n) is 3.69. The smallest absolute Gasteiger partial charge is 0.123 e. The zero-order valence-corrected chi connectivity index (χ0v) is 12.7. The SMILES string of the molecule is CNC(CCN(C)Cc1cccc(F)c1)c1ccccc1. The average Bonchev–Trinajstić information content (AvgIpc) is 2.49. The van der Waals surface area contributed by atoms with Crippen molar-refractivity contribution in [2.24, 2.45) is 0 Å². The van der Waals surface area contributed by atoms with Gasteiger partial charge in [0.25, 0.3) is 0 Å². The van der Waals surface area contributed by atoms with E-state index in [9.17, 15) is 4.39 Å². The summed E-state index contributed by atoms with van der Waals surface area (Å²) in [6, 6.07) is 17.6. The molecule has 21 heavy (non-hydrogen) atoms. The van der Waals surface area contributed by atoms with Gasteiger partial charge in [0.05, 0.1) is 0 Å². The number of nitrogens with zero attached hydrogens (tertiary/aromatic N) is 1. The summed E-state index contributed by atoms with van der Waals surface area (Å²) in [5.41, 5.74) is 2.32. The van der Waals surface area contributed by atoms with Gasteiger partial charge in [0.1, 0.15) is 5.82 Å². The number of halogens is 1. The molecular formula is C18H23FN2. The molecule has 2 rings (SSSR count). The summed E-state index contributed by atoms with van der Waals surface area (Å²) in [6.07, 6.45) is 1.02. The highest BCUT2D eigenvalue weighted by atomic mass is 19.1. The second kappa shape index (κ2) is 7.91. The molecule has 1 N–H and O–H groups in total. The Bertz CT molecular complexity index is 542. The van der Waals surface area contributed by atoms with Gasteiger partial charge >= 0.3 is 0 Å². The van der Waals surface area contributed by atoms with Gasteiger partial charge in [0.15, 0.2) is 0 Å². The molecular weight excluding hydrogens is 263 g/mol. The summed E-state index contributed by atoms with van der Waals surface area (Å²) in [7, 11) is 4.06. The molecule has 2 nitrogen and oxygen atoms in total. The molecule has 112 valence electrons. The maximum Gasteiger partial charge on any atom is 0.123 e. The van der Waals surface area contributed by atoms with Crippen molar-refractivity contribution in [2.75, 3.05) is 20.6 Å². The van der Waals surface area contributed by atoms with E-state index >= 15 is 0 Å². The summed E-state index contributed by atoms with van der Waals surface area (Å²) < 4.78 is 13.2. The largest absolute Gasteiger partial charge is 0.313 e. The van der Waals surface area contributed by atoms with Gasteiger partial charge in [-0.2, -0.15) is 0 Å². The van der Waals surface area contributed by atoms with Gasteiger partial charge in [0, 0.05) is 12.6 Å². The lowest BCUT2D eigenvalue weighted by molar-refractivity contribution is 0.303. The maximum atomic E-state index is 13.2. The monoisotopic (exact) mass is 286 g/mol. The van der Waals surface area contributed by atoms with Crippen LogP contribution in [-0.2, 0) is 6.54 Å². The molecule has 0 aliphatic rings. The van der Waals surface area contributed by atoms with Crippen LogP contribution in [0.2, 0.25) is 0 Å². The van der Waals surface area contributed by atoms with Crippen molar-refractivity contribution in [1.82, 2.24) is 10.2 Å². The van der Waals surface area contributed by atoms with E-state index < -0.39 is 0 Å². The van der Waals surface area contributed by atoms with Gasteiger partial charge in [-0.3, -0.25) is 0 Å². The van der Waals surface area contributed by atoms with E-state index in [4.69, 9.17) is 0 Å². The second-order valence-corrected chi connectivity index (χ2v) is 5.41. The number of hydrogen-bond acceptors (Lipinski definition) is 2. The third kappa shape index (κ3) is 4.96. The lowest BCUT2D eigenvalue weighted by Crippen LogP contribution is -2.25. The van der Waals surface area contributed by atoms with E-state index in [-0.39, 0.29) is 5.82 Å². The minimum atomic E-state index is -0.168. The van der Waals surface area contributed by atoms with Gasteiger partial charge in [-0.05, 0) is 50.3 Å². The first-order valence-corrected chi connectivity index (χ1v) is 7.34. The molecule has 0 aliphatic heterocycles. The minimum Gasteiger partial charge on any atom is -0.313 e. The van der Waals surface area contributed by atoms with Crippen LogP contribution in [0.3, 0.4) is 0 Å². The maximum absolute atomic E-state index is 13.2. The van der Waals surface area contributed by atoms with E-state index in [1.54, 1.807) is 12.1 Å². The molecule has 0 saturated carbocycles. The molecule has 2 aromatic rings. The lowest BCUT2D eigenvalue weighted by Gasteiger charge is -2.22. The Morgan fingerprint density at radius 2 is 1.86 bits per heavy atom. The summed E-state index contributed by atoms with van der Waals surface area (Å²) in [5.74, 6) is -0.168. The number of nitrogens with one attached hydrogen (secondary N) is 1. The molecule has 1 unspecified atom stereocenters. The van der Waals surface area contributed by atoms with Crippen LogP contribution >= 0.6 is 0 Å². The van der Waals surface area contributed by atoms with Crippen LogP contribution in [-0.4, -0.2) is 25.5 Å². The number of benzene rings is 2. The molecule has 0 heterocycles. The van der Waals surface area contributed by atoms with Crippen LogP contribution in [0.25, 0.3) is 0 Å². The van der Waals surface area contributed by atoms with Crippen LogP contribution in [0.4, 0.5) is 4.39 Å². The zero-order chi connectivity index (χ0) is 15.1. The fourth-order valence-corrected chi connectivity index (χ4v) is 2.54. The fraction of sp³-hybridized carbons (Fsp3) is 0.333. The number of hydrogen-bond donors (Lipinski definition) is 1. The Hall–Kier alpha value is -1.71. The number of rotatable bonds is 7. The van der Waals surface area contributed by atoms with Crippen molar-refractivity contribution in [2.45, 2.75) is 19.0 Å². The molecule has 0 spiro atoms. The van der Waals surface area contributed by atoms with Crippen molar-refractivity contribution < 1.29 is 4.39 Å². The van der Waals surface area contributed by atoms with Crippen molar-refractivity contribution in [3.63, 3.8) is 0 Å². The predicted molar refractivity (Wildman–Crippen MR) is 85.6 cm³/mol. The molecule has 0 amide bonds. The van der Waals surface area contributed by atoms with E-state index in [0.717, 1.165) is 25.1 Å². The molecule has 0 fully saturated rings. The van der Waals surface area contributed by atoms with Crippen LogP contribution in [0.15, 0.2) is 54.6 Å². The summed E-state index contributed by atoms with van der Waals surface area (Å²) in [6.45, 7) is 1.72. The first-order chi connectivity index (χ1) is 10.2. The van der Waals surface area contributed by atoms with Crippen molar-refractivity contribution >= 4 is 0 Å². The first kappa shape index (κ1) is 15.7. The average molecular weight is 286 g/mol. The summed E-state index contributed by atoms with van der Waals surface area (Å²) in [4.78, 5) is 2.22. The van der Waals surface area contributed by atoms with E-state index in [1.807, 2.05) is 19.2 Å². The van der Waals surface area contributed by atoms with Crippen molar-refractivity contribution in [3.05, 3.63) is 71.5 Å². The Balaban J connectivity index is 1.86. The minimum absolute atomic E-state index is 0.168. The van der Waals surface area contributed by atoms with Crippen LogP contribution < -0.4 is 5.32 Å². The summed E-state index contributed by atoms with van der Waals surface area (Å²) >= 11 is 0. The standard InChI is InChI=1S/C18H23FN2/c1-20-18(16-8-4-3-5-9-16)11-12-21(2)14-15-7-6-10-17(19)13-15/h3-10,13,18,20H,11-12,14H2,1-2H3. The quantitative estimate of drug-likeness (QED) is 0.836. The van der Waals surface area contributed by atoms with Crippen LogP contribution in [0.5, 0.6) is 0 Å². The topological polar surface area (TPSA) is 15.3 Å². The van der Waals surface area contributed by atoms with Crippen molar-refractivity contribution in [3.8, 4) is 0 Å². The molecule has 3 heteroatoms. The Morgan fingerprint density at radius 3 is 2.52 bits per heavy atom. The molecule has 0 bridgehead atoms. The highest BCUT2D eigenvalue weighted by molar-refractivity contribution is 5.19. The first-order valence-electron chi connectivity index (χ1n) is 7.34. The van der Waals surface area contributed by atoms with E-state index in [2.05, 4.69) is 41.5 Å². The molecule has 1 atom stereocenters.